The van der Waals surface area contributed by atoms with E-state index in [-0.39, 0.29) is 4.90 Å². The van der Waals surface area contributed by atoms with E-state index in [1.807, 2.05) is 0 Å². The van der Waals surface area contributed by atoms with Crippen LogP contribution in [0, 0.1) is 23.6 Å². The fourth-order valence-electron chi connectivity index (χ4n) is 4.50. The fourth-order valence-corrected chi connectivity index (χ4v) is 5.94. The quantitative estimate of drug-likeness (QED) is 0.820. The maximum absolute atomic E-state index is 13.0. The van der Waals surface area contributed by atoms with Gasteiger partial charge in [-0.05, 0) is 48.9 Å². The number of benzene rings is 1. The molecule has 24 heavy (non-hydrogen) atoms. The third kappa shape index (κ3) is 3.03. The van der Waals surface area contributed by atoms with Gasteiger partial charge in [-0.25, -0.2) is 12.8 Å². The molecule has 130 valence electrons. The summed E-state index contributed by atoms with van der Waals surface area (Å²) < 4.78 is 39.8. The predicted octanol–water partition coefficient (Wildman–Crippen LogP) is 0.927. The van der Waals surface area contributed by atoms with Gasteiger partial charge < -0.3 is 4.90 Å². The van der Waals surface area contributed by atoms with Crippen LogP contribution in [-0.4, -0.2) is 45.4 Å². The van der Waals surface area contributed by atoms with Gasteiger partial charge in [0.2, 0.25) is 10.0 Å². The second kappa shape index (κ2) is 6.24. The van der Waals surface area contributed by atoms with Gasteiger partial charge in [-0.1, -0.05) is 12.2 Å². The van der Waals surface area contributed by atoms with Gasteiger partial charge in [0.25, 0.3) is 0 Å². The molecule has 1 N–H and O–H groups in total. The molecule has 2 aliphatic carbocycles. The van der Waals surface area contributed by atoms with E-state index in [2.05, 4.69) is 12.2 Å². The lowest BCUT2D eigenvalue weighted by Crippen LogP contribution is -3.15. The Morgan fingerprint density at radius 3 is 2.38 bits per heavy atom. The Morgan fingerprint density at radius 1 is 1.08 bits per heavy atom. The first kappa shape index (κ1) is 16.2. The van der Waals surface area contributed by atoms with Gasteiger partial charge >= 0.3 is 0 Å². The number of halogens is 1. The summed E-state index contributed by atoms with van der Waals surface area (Å²) >= 11 is 0. The van der Waals surface area contributed by atoms with Gasteiger partial charge in [-0.15, -0.1) is 0 Å². The van der Waals surface area contributed by atoms with E-state index in [1.54, 1.807) is 4.31 Å². The summed E-state index contributed by atoms with van der Waals surface area (Å²) in [5.74, 6) is 1.90. The number of piperazine rings is 1. The Labute approximate surface area is 143 Å². The summed E-state index contributed by atoms with van der Waals surface area (Å²) in [5, 5.41) is 0. The van der Waals surface area contributed by atoms with Crippen molar-refractivity contribution in [2.45, 2.75) is 17.7 Å². The first-order valence-corrected chi connectivity index (χ1v) is 10.2. The van der Waals surface area contributed by atoms with Crippen LogP contribution < -0.4 is 4.90 Å². The van der Waals surface area contributed by atoms with Crippen LogP contribution in [0.3, 0.4) is 0 Å². The highest BCUT2D eigenvalue weighted by Gasteiger charge is 2.39. The average Bonchev–Trinajstić information content (AvgIpc) is 3.19. The highest BCUT2D eigenvalue weighted by molar-refractivity contribution is 7.89. The molecule has 0 radical (unpaired) electrons. The highest BCUT2D eigenvalue weighted by atomic mass is 32.2. The van der Waals surface area contributed by atoms with E-state index in [0.717, 1.165) is 37.4 Å². The molecule has 2 bridgehead atoms. The van der Waals surface area contributed by atoms with Crippen LogP contribution in [0.25, 0.3) is 0 Å². The van der Waals surface area contributed by atoms with Crippen molar-refractivity contribution in [3.63, 3.8) is 0 Å². The van der Waals surface area contributed by atoms with Gasteiger partial charge in [0.05, 0.1) is 37.6 Å². The molecule has 0 unspecified atom stereocenters. The normalized spacial score (nSPS) is 31.0. The van der Waals surface area contributed by atoms with Crippen LogP contribution in [-0.2, 0) is 10.0 Å². The highest BCUT2D eigenvalue weighted by Crippen LogP contribution is 2.42. The van der Waals surface area contributed by atoms with E-state index in [9.17, 15) is 12.8 Å². The zero-order valence-corrected chi connectivity index (χ0v) is 14.5. The molecule has 1 heterocycles. The van der Waals surface area contributed by atoms with Crippen LogP contribution in [0.4, 0.5) is 4.39 Å². The Hall–Kier alpha value is -1.24. The van der Waals surface area contributed by atoms with Gasteiger partial charge in [0.1, 0.15) is 5.82 Å². The zero-order chi connectivity index (χ0) is 16.7. The SMILES string of the molecule is O=S(=O)(c1ccc(F)cc1)N1CC[NH+](C[C@H]2C[C@H]3C=C[C@H]2C3)CC1. The molecule has 1 saturated heterocycles. The summed E-state index contributed by atoms with van der Waals surface area (Å²) in [7, 11) is -3.50. The van der Waals surface area contributed by atoms with E-state index in [1.165, 1.54) is 42.0 Å². The summed E-state index contributed by atoms with van der Waals surface area (Å²) in [6, 6.07) is 5.12. The molecule has 6 heteroatoms. The van der Waals surface area contributed by atoms with E-state index < -0.39 is 15.8 Å². The summed E-state index contributed by atoms with van der Waals surface area (Å²) in [4.78, 5) is 1.71. The number of allylic oxidation sites excluding steroid dienone is 2. The minimum Gasteiger partial charge on any atom is -0.332 e. The van der Waals surface area contributed by atoms with E-state index in [4.69, 9.17) is 0 Å². The number of nitrogens with zero attached hydrogens (tertiary/aromatic N) is 1. The first-order chi connectivity index (χ1) is 11.5. The zero-order valence-electron chi connectivity index (χ0n) is 13.7. The third-order valence-electron chi connectivity index (χ3n) is 5.85. The minimum atomic E-state index is -3.50. The number of hydrogen-bond acceptors (Lipinski definition) is 2. The van der Waals surface area contributed by atoms with Crippen LogP contribution in [0.15, 0.2) is 41.3 Å². The molecule has 0 aromatic heterocycles. The molecule has 1 aromatic carbocycles. The molecule has 1 saturated carbocycles. The Balaban J connectivity index is 1.35. The summed E-state index contributed by atoms with van der Waals surface area (Å²) in [5.41, 5.74) is 0. The summed E-state index contributed by atoms with van der Waals surface area (Å²) in [6.07, 6.45) is 7.38. The number of fused-ring (bicyclic) bond motifs is 2. The van der Waals surface area contributed by atoms with Crippen molar-refractivity contribution in [1.82, 2.24) is 4.31 Å². The number of sulfonamides is 1. The third-order valence-corrected chi connectivity index (χ3v) is 7.76. The van der Waals surface area contributed by atoms with Crippen LogP contribution in [0.5, 0.6) is 0 Å². The number of quaternary nitrogens is 1. The molecule has 0 spiro atoms. The largest absolute Gasteiger partial charge is 0.332 e. The molecule has 2 fully saturated rings. The monoisotopic (exact) mass is 351 g/mol. The van der Waals surface area contributed by atoms with E-state index >= 15 is 0 Å². The van der Waals surface area contributed by atoms with Gasteiger partial charge in [0.15, 0.2) is 0 Å². The van der Waals surface area contributed by atoms with Crippen molar-refractivity contribution in [2.75, 3.05) is 32.7 Å². The number of rotatable bonds is 4. The van der Waals surface area contributed by atoms with E-state index in [0.29, 0.717) is 13.1 Å². The van der Waals surface area contributed by atoms with Gasteiger partial charge in [-0.2, -0.15) is 4.31 Å². The lowest BCUT2D eigenvalue weighted by molar-refractivity contribution is -0.907. The molecule has 4 nitrogen and oxygen atoms in total. The van der Waals surface area contributed by atoms with Crippen LogP contribution >= 0.6 is 0 Å². The lowest BCUT2D eigenvalue weighted by atomic mass is 9.93. The van der Waals surface area contributed by atoms with Crippen molar-refractivity contribution in [3.8, 4) is 0 Å². The second-order valence-corrected chi connectivity index (χ2v) is 9.29. The van der Waals surface area contributed by atoms with Crippen molar-refractivity contribution < 1.29 is 17.7 Å². The molecule has 3 aliphatic rings. The molecule has 1 aliphatic heterocycles. The molecular formula is C18H24FN2O2S+. The predicted molar refractivity (Wildman–Crippen MR) is 89.6 cm³/mol. The molecule has 1 aromatic rings. The summed E-state index contributed by atoms with van der Waals surface area (Å²) in [6.45, 7) is 3.98. The molecule has 4 rings (SSSR count). The topological polar surface area (TPSA) is 41.8 Å². The molecule has 3 atom stereocenters. The number of nitrogens with one attached hydrogen (secondary N) is 1. The number of hydrogen-bond donors (Lipinski definition) is 1. The van der Waals surface area contributed by atoms with Gasteiger partial charge in [-0.3, -0.25) is 0 Å². The first-order valence-electron chi connectivity index (χ1n) is 8.80. The minimum absolute atomic E-state index is 0.186. The van der Waals surface area contributed by atoms with Crippen LogP contribution in [0.1, 0.15) is 12.8 Å². The van der Waals surface area contributed by atoms with Gasteiger partial charge in [0, 0.05) is 5.92 Å². The Bertz CT molecular complexity index is 724. The van der Waals surface area contributed by atoms with Crippen LogP contribution in [0.2, 0.25) is 0 Å². The van der Waals surface area contributed by atoms with Crippen molar-refractivity contribution in [3.05, 3.63) is 42.2 Å². The lowest BCUT2D eigenvalue weighted by Gasteiger charge is -2.33. The van der Waals surface area contributed by atoms with Crippen molar-refractivity contribution in [2.24, 2.45) is 17.8 Å². The van der Waals surface area contributed by atoms with Crippen molar-refractivity contribution in [1.29, 1.82) is 0 Å². The Morgan fingerprint density at radius 2 is 1.79 bits per heavy atom. The maximum atomic E-state index is 13.0. The average molecular weight is 351 g/mol. The fraction of sp³-hybridized carbons (Fsp3) is 0.556. The standard InChI is InChI=1S/C18H23FN2O2S/c19-17-3-5-18(6-4-17)24(22,23)21-9-7-20(8-10-21)13-16-12-14-1-2-15(16)11-14/h1-6,14-16H,7-13H2/p+1/t14-,15-,16+/m0/s1. The van der Waals surface area contributed by atoms with Crippen molar-refractivity contribution >= 4 is 10.0 Å². The molecular weight excluding hydrogens is 327 g/mol. The maximum Gasteiger partial charge on any atom is 0.243 e. The molecule has 0 amide bonds. The second-order valence-electron chi connectivity index (χ2n) is 7.35. The smallest absolute Gasteiger partial charge is 0.243 e. The Kier molecular flexibility index (Phi) is 4.22.